The summed E-state index contributed by atoms with van der Waals surface area (Å²) in [5.41, 5.74) is 0.435. The van der Waals surface area contributed by atoms with Gasteiger partial charge >= 0.3 is 0 Å². The predicted molar refractivity (Wildman–Crippen MR) is 110 cm³/mol. The molecule has 0 amide bonds. The maximum atomic E-state index is 11.7. The number of phenolic OH excluding ortho intramolecular Hbond substituents is 1. The Morgan fingerprint density at radius 2 is 1.81 bits per heavy atom. The van der Waals surface area contributed by atoms with Crippen molar-refractivity contribution in [3.8, 4) is 5.75 Å². The van der Waals surface area contributed by atoms with E-state index in [1.165, 1.54) is 5.56 Å². The van der Waals surface area contributed by atoms with Crippen molar-refractivity contribution in [3.05, 3.63) is 63.6 Å². The second-order valence-corrected chi connectivity index (χ2v) is 9.34. The number of rotatable bonds is 2. The van der Waals surface area contributed by atoms with E-state index in [0.29, 0.717) is 12.8 Å². The molecule has 0 aliphatic heterocycles. The second kappa shape index (κ2) is 6.33. The number of phenols is 1. The third kappa shape index (κ3) is 2.60. The molecule has 3 nitrogen and oxygen atoms in total. The molecule has 0 heterocycles. The van der Waals surface area contributed by atoms with Crippen molar-refractivity contribution in [1.82, 2.24) is 0 Å². The van der Waals surface area contributed by atoms with Crippen molar-refractivity contribution in [2.75, 3.05) is 0 Å². The fraction of sp³-hybridized carbons (Fsp3) is 0.478. The van der Waals surface area contributed by atoms with Crippen LogP contribution in [0.25, 0.3) is 0 Å². The predicted octanol–water partition coefficient (Wildman–Crippen LogP) is 4.80. The fourth-order valence-corrected chi connectivity index (χ4v) is 6.30. The first kappa shape index (κ1) is 19.0. The van der Waals surface area contributed by atoms with Crippen LogP contribution in [0.3, 0.4) is 0 Å². The number of hydrogen-bond donors (Lipinski definition) is 3. The quantitative estimate of drug-likeness (QED) is 0.641. The molecular formula is C23H27BrO3. The SMILES string of the molecule is CCC12CC(C)(O)C(O)(c3ccccc3)C[C@H]1CCc1c2ccc(O)c1Br. The molecule has 4 rings (SSSR count). The summed E-state index contributed by atoms with van der Waals surface area (Å²) < 4.78 is 0.773. The van der Waals surface area contributed by atoms with Gasteiger partial charge in [-0.2, -0.15) is 0 Å². The van der Waals surface area contributed by atoms with Gasteiger partial charge in [-0.25, -0.2) is 0 Å². The molecule has 1 saturated carbocycles. The molecule has 2 aromatic rings. The standard InChI is InChI=1S/C23H27BrO3/c1-3-22-14-21(2,26)23(27,15-7-5-4-6-8-15)13-16(22)9-10-17-18(22)11-12-19(25)20(17)24/h4-8,11-12,16,25-27H,3,9-10,13-14H2,1-2H3/t16-,21?,22?,23?/m1/s1. The second-order valence-electron chi connectivity index (χ2n) is 8.55. The van der Waals surface area contributed by atoms with E-state index in [-0.39, 0.29) is 17.1 Å². The minimum absolute atomic E-state index is 0.200. The molecule has 144 valence electrons. The lowest BCUT2D eigenvalue weighted by molar-refractivity contribution is -0.205. The van der Waals surface area contributed by atoms with E-state index in [0.717, 1.165) is 34.9 Å². The summed E-state index contributed by atoms with van der Waals surface area (Å²) in [6, 6.07) is 13.4. The summed E-state index contributed by atoms with van der Waals surface area (Å²) in [7, 11) is 0. The normalized spacial score (nSPS) is 35.4. The van der Waals surface area contributed by atoms with E-state index < -0.39 is 11.2 Å². The first-order chi connectivity index (χ1) is 12.7. The third-order valence-electron chi connectivity index (χ3n) is 7.26. The maximum Gasteiger partial charge on any atom is 0.130 e. The van der Waals surface area contributed by atoms with Gasteiger partial charge in [0.2, 0.25) is 0 Å². The van der Waals surface area contributed by atoms with Crippen molar-refractivity contribution < 1.29 is 15.3 Å². The van der Waals surface area contributed by atoms with Gasteiger partial charge < -0.3 is 15.3 Å². The van der Waals surface area contributed by atoms with Crippen LogP contribution in [0.1, 0.15) is 56.2 Å². The highest BCUT2D eigenvalue weighted by Gasteiger charge is 2.61. The molecule has 0 aromatic heterocycles. The summed E-state index contributed by atoms with van der Waals surface area (Å²) in [6.45, 7) is 3.95. The Kier molecular flexibility index (Phi) is 4.45. The van der Waals surface area contributed by atoms with Crippen molar-refractivity contribution in [1.29, 1.82) is 0 Å². The molecule has 3 N–H and O–H groups in total. The lowest BCUT2D eigenvalue weighted by atomic mass is 9.49. The average molecular weight is 431 g/mol. The zero-order chi connectivity index (χ0) is 19.4. The van der Waals surface area contributed by atoms with E-state index in [9.17, 15) is 15.3 Å². The Morgan fingerprint density at radius 3 is 2.48 bits per heavy atom. The van der Waals surface area contributed by atoms with Crippen LogP contribution in [0, 0.1) is 5.92 Å². The molecule has 0 saturated heterocycles. The minimum atomic E-state index is -1.26. The molecule has 2 aromatic carbocycles. The lowest BCUT2D eigenvalue weighted by Crippen LogP contribution is -2.62. The molecule has 4 atom stereocenters. The van der Waals surface area contributed by atoms with Gasteiger partial charge in [-0.05, 0) is 83.6 Å². The molecule has 27 heavy (non-hydrogen) atoms. The van der Waals surface area contributed by atoms with Gasteiger partial charge in [0, 0.05) is 5.41 Å². The number of aliphatic hydroxyl groups is 2. The summed E-state index contributed by atoms with van der Waals surface area (Å²) in [6.07, 6.45) is 3.73. The first-order valence-corrected chi connectivity index (χ1v) is 10.6. The Labute approximate surface area is 169 Å². The van der Waals surface area contributed by atoms with Crippen LogP contribution in [-0.2, 0) is 17.4 Å². The Hall–Kier alpha value is -1.36. The van der Waals surface area contributed by atoms with Crippen LogP contribution in [0.15, 0.2) is 46.9 Å². The van der Waals surface area contributed by atoms with E-state index >= 15 is 0 Å². The summed E-state index contributed by atoms with van der Waals surface area (Å²) in [5, 5.41) is 33.3. The summed E-state index contributed by atoms with van der Waals surface area (Å²) in [4.78, 5) is 0. The number of halogens is 1. The molecule has 1 fully saturated rings. The van der Waals surface area contributed by atoms with Crippen LogP contribution in [0.5, 0.6) is 5.75 Å². The largest absolute Gasteiger partial charge is 0.507 e. The van der Waals surface area contributed by atoms with Gasteiger partial charge in [-0.3, -0.25) is 0 Å². The number of fused-ring (bicyclic) bond motifs is 3. The highest BCUT2D eigenvalue weighted by atomic mass is 79.9. The van der Waals surface area contributed by atoms with Crippen LogP contribution < -0.4 is 0 Å². The monoisotopic (exact) mass is 430 g/mol. The molecule has 4 heteroatoms. The molecule has 0 bridgehead atoms. The van der Waals surface area contributed by atoms with Crippen LogP contribution >= 0.6 is 15.9 Å². The van der Waals surface area contributed by atoms with E-state index in [4.69, 9.17) is 0 Å². The number of aromatic hydroxyl groups is 1. The van der Waals surface area contributed by atoms with Crippen LogP contribution in [0.4, 0.5) is 0 Å². The van der Waals surface area contributed by atoms with Gasteiger partial charge in [0.25, 0.3) is 0 Å². The molecule has 0 spiro atoms. The topological polar surface area (TPSA) is 60.7 Å². The third-order valence-corrected chi connectivity index (χ3v) is 8.14. The van der Waals surface area contributed by atoms with Crippen molar-refractivity contribution in [2.45, 2.75) is 62.6 Å². The van der Waals surface area contributed by atoms with Gasteiger partial charge in [-0.15, -0.1) is 0 Å². The zero-order valence-corrected chi connectivity index (χ0v) is 17.5. The first-order valence-electron chi connectivity index (χ1n) is 9.76. The molecule has 2 aliphatic carbocycles. The summed E-state index contributed by atoms with van der Waals surface area (Å²) in [5.74, 6) is 0.540. The highest BCUT2D eigenvalue weighted by Crippen LogP contribution is 2.60. The lowest BCUT2D eigenvalue weighted by Gasteiger charge is -2.59. The Balaban J connectivity index is 1.85. The van der Waals surface area contributed by atoms with Gasteiger partial charge in [0.1, 0.15) is 11.4 Å². The molecular weight excluding hydrogens is 404 g/mol. The van der Waals surface area contributed by atoms with Crippen molar-refractivity contribution in [2.24, 2.45) is 5.92 Å². The van der Waals surface area contributed by atoms with Crippen LogP contribution in [-0.4, -0.2) is 20.9 Å². The Bertz CT molecular complexity index is 863. The van der Waals surface area contributed by atoms with E-state index in [1.807, 2.05) is 36.4 Å². The van der Waals surface area contributed by atoms with Crippen molar-refractivity contribution in [3.63, 3.8) is 0 Å². The molecule has 0 radical (unpaired) electrons. The number of benzene rings is 2. The maximum absolute atomic E-state index is 11.7. The zero-order valence-electron chi connectivity index (χ0n) is 15.9. The molecule has 2 aliphatic rings. The van der Waals surface area contributed by atoms with Crippen molar-refractivity contribution >= 4 is 15.9 Å². The van der Waals surface area contributed by atoms with E-state index in [1.54, 1.807) is 13.0 Å². The average Bonchev–Trinajstić information content (AvgIpc) is 2.66. The van der Waals surface area contributed by atoms with E-state index in [2.05, 4.69) is 22.9 Å². The highest BCUT2D eigenvalue weighted by molar-refractivity contribution is 9.10. The number of hydrogen-bond acceptors (Lipinski definition) is 3. The van der Waals surface area contributed by atoms with Gasteiger partial charge in [-0.1, -0.05) is 43.3 Å². The fourth-order valence-electron chi connectivity index (χ4n) is 5.76. The van der Waals surface area contributed by atoms with Gasteiger partial charge in [0.15, 0.2) is 0 Å². The van der Waals surface area contributed by atoms with Crippen LogP contribution in [0.2, 0.25) is 0 Å². The minimum Gasteiger partial charge on any atom is -0.507 e. The smallest absolute Gasteiger partial charge is 0.130 e. The van der Waals surface area contributed by atoms with Gasteiger partial charge in [0.05, 0.1) is 10.1 Å². The Morgan fingerprint density at radius 1 is 1.11 bits per heavy atom. The molecule has 3 unspecified atom stereocenters. The summed E-state index contributed by atoms with van der Waals surface area (Å²) >= 11 is 3.56.